The molecule has 0 amide bonds. The van der Waals surface area contributed by atoms with Crippen molar-refractivity contribution >= 4 is 5.69 Å². The normalized spacial score (nSPS) is 16.8. The van der Waals surface area contributed by atoms with Gasteiger partial charge < -0.3 is 10.6 Å². The molecule has 198 valence electrons. The van der Waals surface area contributed by atoms with Crippen molar-refractivity contribution < 1.29 is 0 Å². The van der Waals surface area contributed by atoms with Gasteiger partial charge in [-0.05, 0) is 68.4 Å². The molecule has 0 spiro atoms. The molecule has 2 nitrogen and oxygen atoms in total. The van der Waals surface area contributed by atoms with Crippen LogP contribution in [0.1, 0.15) is 113 Å². The Labute approximate surface area is 219 Å². The molecule has 1 aliphatic heterocycles. The lowest BCUT2D eigenvalue weighted by Crippen LogP contribution is -2.54. The van der Waals surface area contributed by atoms with E-state index < -0.39 is 0 Å². The Morgan fingerprint density at radius 1 is 0.771 bits per heavy atom. The third-order valence-electron chi connectivity index (χ3n) is 6.63. The summed E-state index contributed by atoms with van der Waals surface area (Å²) in [4.78, 5) is 0. The van der Waals surface area contributed by atoms with Crippen LogP contribution in [0.3, 0.4) is 0 Å². The number of anilines is 1. The molecule has 2 bridgehead atoms. The van der Waals surface area contributed by atoms with Crippen molar-refractivity contribution in [3.05, 3.63) is 65.0 Å². The summed E-state index contributed by atoms with van der Waals surface area (Å²) in [6.45, 7) is 32.7. The van der Waals surface area contributed by atoms with E-state index in [0.717, 1.165) is 12.1 Å². The van der Waals surface area contributed by atoms with E-state index in [1.807, 2.05) is 41.5 Å². The molecule has 0 unspecified atom stereocenters. The predicted molar refractivity (Wildman–Crippen MR) is 161 cm³/mol. The maximum Gasteiger partial charge on any atom is 0.0460 e. The lowest BCUT2D eigenvalue weighted by molar-refractivity contribution is 0.246. The van der Waals surface area contributed by atoms with E-state index in [1.165, 1.54) is 33.5 Å². The first-order chi connectivity index (χ1) is 16.3. The van der Waals surface area contributed by atoms with Crippen LogP contribution in [0.5, 0.6) is 0 Å². The van der Waals surface area contributed by atoms with Crippen molar-refractivity contribution in [1.82, 2.24) is 5.32 Å². The zero-order chi connectivity index (χ0) is 27.6. The second-order valence-corrected chi connectivity index (χ2v) is 11.0. The van der Waals surface area contributed by atoms with Crippen molar-refractivity contribution in [2.45, 2.75) is 121 Å². The smallest absolute Gasteiger partial charge is 0.0460 e. The van der Waals surface area contributed by atoms with Crippen molar-refractivity contribution in [2.75, 3.05) is 5.32 Å². The lowest BCUT2D eigenvalue weighted by Gasteiger charge is -2.45. The van der Waals surface area contributed by atoms with Gasteiger partial charge in [-0.1, -0.05) is 106 Å². The van der Waals surface area contributed by atoms with Crippen LogP contribution >= 0.6 is 0 Å². The van der Waals surface area contributed by atoms with Gasteiger partial charge in [-0.2, -0.15) is 0 Å². The SMILES string of the molecule is CC.CC.CC.Cc1ccc2c(c1)-c1cccc(c1C)C(C)(C)C(C)(C)N/C(CC(C)(C)C)=C\N2. The van der Waals surface area contributed by atoms with Crippen LogP contribution in [0.2, 0.25) is 0 Å². The molecule has 0 aromatic heterocycles. The highest BCUT2D eigenvalue weighted by Gasteiger charge is 2.40. The number of rotatable bonds is 1. The summed E-state index contributed by atoms with van der Waals surface area (Å²) in [7, 11) is 0. The Hall–Kier alpha value is -2.22. The molecule has 2 aromatic carbocycles. The summed E-state index contributed by atoms with van der Waals surface area (Å²) in [5.41, 5.74) is 9.04. The number of benzene rings is 2. The number of allylic oxidation sites excluding steroid dienone is 1. The van der Waals surface area contributed by atoms with Crippen LogP contribution in [0.25, 0.3) is 11.1 Å². The number of hydrogen-bond acceptors (Lipinski definition) is 2. The van der Waals surface area contributed by atoms with Gasteiger partial charge >= 0.3 is 0 Å². The molecular weight excluding hydrogens is 424 g/mol. The van der Waals surface area contributed by atoms with Crippen LogP contribution in [0.15, 0.2) is 48.3 Å². The number of hydrogen-bond donors (Lipinski definition) is 2. The van der Waals surface area contributed by atoms with Gasteiger partial charge in [0.2, 0.25) is 0 Å². The van der Waals surface area contributed by atoms with E-state index in [9.17, 15) is 0 Å². The van der Waals surface area contributed by atoms with Crippen LogP contribution in [0.4, 0.5) is 5.69 Å². The quantitative estimate of drug-likeness (QED) is 0.424. The summed E-state index contributed by atoms with van der Waals surface area (Å²) >= 11 is 0. The Morgan fingerprint density at radius 2 is 1.34 bits per heavy atom. The monoisotopic (exact) mass is 480 g/mol. The van der Waals surface area contributed by atoms with Crippen molar-refractivity contribution in [3.8, 4) is 11.1 Å². The standard InChI is InChI=1S/C27H38N2.3C2H6/c1-18-13-14-24-22(15-18)21-11-10-12-23(19(21)2)26(6,7)27(8,9)29-20(17-28-24)16-25(3,4)5;3*1-2/h10-15,17,28-29H,16H2,1-9H3;3*1-2H3/b20-17-;;;. The molecule has 0 fully saturated rings. The second kappa shape index (κ2) is 13.8. The molecule has 35 heavy (non-hydrogen) atoms. The van der Waals surface area contributed by atoms with Crippen LogP contribution < -0.4 is 10.6 Å². The summed E-state index contributed by atoms with van der Waals surface area (Å²) in [6, 6.07) is 13.5. The maximum atomic E-state index is 3.91. The first kappa shape index (κ1) is 32.8. The zero-order valence-electron chi connectivity index (χ0n) is 25.7. The number of nitrogens with one attached hydrogen (secondary N) is 2. The molecule has 1 aliphatic rings. The van der Waals surface area contributed by atoms with Gasteiger partial charge in [0, 0.05) is 34.1 Å². The minimum atomic E-state index is -0.123. The first-order valence-electron chi connectivity index (χ1n) is 13.8. The fraction of sp³-hybridized carbons (Fsp3) is 0.576. The van der Waals surface area contributed by atoms with E-state index in [2.05, 4.69) is 116 Å². The lowest BCUT2D eigenvalue weighted by atomic mass is 9.67. The highest BCUT2D eigenvalue weighted by atomic mass is 15.0. The third kappa shape index (κ3) is 8.16. The van der Waals surface area contributed by atoms with Crippen LogP contribution in [0, 0.1) is 19.3 Å². The van der Waals surface area contributed by atoms with Gasteiger partial charge in [0.05, 0.1) is 0 Å². The Bertz CT molecular complexity index is 940. The highest BCUT2D eigenvalue weighted by molar-refractivity contribution is 5.82. The highest BCUT2D eigenvalue weighted by Crippen LogP contribution is 2.42. The fourth-order valence-electron chi connectivity index (χ4n) is 4.37. The van der Waals surface area contributed by atoms with Crippen LogP contribution in [-0.2, 0) is 5.41 Å². The molecule has 2 N–H and O–H groups in total. The molecule has 0 aliphatic carbocycles. The third-order valence-corrected chi connectivity index (χ3v) is 6.63. The molecule has 2 heteroatoms. The van der Waals surface area contributed by atoms with E-state index in [0.29, 0.717) is 0 Å². The summed E-state index contributed by atoms with van der Waals surface area (Å²) < 4.78 is 0. The number of fused-ring (bicyclic) bond motifs is 4. The second-order valence-electron chi connectivity index (χ2n) is 11.0. The first-order valence-corrected chi connectivity index (χ1v) is 13.8. The average Bonchev–Trinajstić information content (AvgIpc) is 2.80. The fourth-order valence-corrected chi connectivity index (χ4v) is 4.37. The zero-order valence-corrected chi connectivity index (χ0v) is 25.7. The van der Waals surface area contributed by atoms with Crippen molar-refractivity contribution in [1.29, 1.82) is 0 Å². The Balaban J connectivity index is 0.00000179. The molecule has 3 rings (SSSR count). The maximum absolute atomic E-state index is 3.91. The average molecular weight is 481 g/mol. The topological polar surface area (TPSA) is 24.1 Å². The molecule has 2 aromatic rings. The van der Waals surface area contributed by atoms with Gasteiger partial charge in [0.25, 0.3) is 0 Å². The molecule has 0 saturated heterocycles. The summed E-state index contributed by atoms with van der Waals surface area (Å²) in [5, 5.41) is 7.55. The largest absolute Gasteiger partial charge is 0.381 e. The molecule has 0 radical (unpaired) electrons. The summed E-state index contributed by atoms with van der Waals surface area (Å²) in [5.74, 6) is 0. The van der Waals surface area contributed by atoms with Crippen molar-refractivity contribution in [2.24, 2.45) is 5.41 Å². The van der Waals surface area contributed by atoms with Gasteiger partial charge in [-0.25, -0.2) is 0 Å². The van der Waals surface area contributed by atoms with Gasteiger partial charge in [0.1, 0.15) is 0 Å². The van der Waals surface area contributed by atoms with Gasteiger partial charge in [-0.15, -0.1) is 0 Å². The van der Waals surface area contributed by atoms with Gasteiger partial charge in [-0.3, -0.25) is 0 Å². The van der Waals surface area contributed by atoms with Crippen molar-refractivity contribution in [3.63, 3.8) is 0 Å². The molecule has 0 atom stereocenters. The number of aryl methyl sites for hydroxylation is 1. The Morgan fingerprint density at radius 3 is 1.89 bits per heavy atom. The molecule has 1 heterocycles. The Kier molecular flexibility index (Phi) is 12.9. The van der Waals surface area contributed by atoms with E-state index in [-0.39, 0.29) is 16.4 Å². The van der Waals surface area contributed by atoms with Crippen LogP contribution in [-0.4, -0.2) is 5.54 Å². The predicted octanol–water partition coefficient (Wildman–Crippen LogP) is 10.4. The molecular formula is C33H56N2. The summed E-state index contributed by atoms with van der Waals surface area (Å²) in [6.07, 6.45) is 3.16. The van der Waals surface area contributed by atoms with E-state index in [4.69, 9.17) is 0 Å². The van der Waals surface area contributed by atoms with Gasteiger partial charge in [0.15, 0.2) is 0 Å². The minimum Gasteiger partial charge on any atom is -0.381 e. The molecule has 0 saturated carbocycles. The van der Waals surface area contributed by atoms with E-state index in [1.54, 1.807) is 0 Å². The minimum absolute atomic E-state index is 0.0571. The van der Waals surface area contributed by atoms with E-state index >= 15 is 0 Å².